The summed E-state index contributed by atoms with van der Waals surface area (Å²) in [7, 11) is 0. The molecule has 0 fully saturated rings. The number of hydrogen-bond donors (Lipinski definition) is 0. The van der Waals surface area contributed by atoms with Crippen molar-refractivity contribution in [3.05, 3.63) is 64.2 Å². The molecule has 3 rings (SSSR count). The Kier molecular flexibility index (Phi) is 3.18. The molecule has 2 aromatic carbocycles. The monoisotopic (exact) mass is 294 g/mol. The first-order chi connectivity index (χ1) is 9.54. The SMILES string of the molecule is O=C1CC(c2cc(Cl)ccc2F)Oc2ccc(F)cc21. The van der Waals surface area contributed by atoms with Gasteiger partial charge in [0.25, 0.3) is 0 Å². The van der Waals surface area contributed by atoms with Crippen LogP contribution in [0.4, 0.5) is 8.78 Å². The van der Waals surface area contributed by atoms with Crippen LogP contribution in [0.25, 0.3) is 0 Å². The van der Waals surface area contributed by atoms with Gasteiger partial charge in [0.05, 0.1) is 12.0 Å². The van der Waals surface area contributed by atoms with Crippen molar-refractivity contribution in [2.24, 2.45) is 0 Å². The van der Waals surface area contributed by atoms with Crippen LogP contribution >= 0.6 is 11.6 Å². The number of ether oxygens (including phenoxy) is 1. The highest BCUT2D eigenvalue weighted by molar-refractivity contribution is 6.30. The average molecular weight is 295 g/mol. The molecule has 2 aromatic rings. The van der Waals surface area contributed by atoms with Crippen molar-refractivity contribution in [3.8, 4) is 5.75 Å². The molecule has 2 nitrogen and oxygen atoms in total. The standard InChI is InChI=1S/C15H9ClF2O2/c16-8-1-3-12(18)10(5-8)15-7-13(19)11-6-9(17)2-4-14(11)20-15/h1-6,15H,7H2. The number of carbonyl (C=O) groups excluding carboxylic acids is 1. The topological polar surface area (TPSA) is 26.3 Å². The minimum Gasteiger partial charge on any atom is -0.484 e. The Morgan fingerprint density at radius 1 is 1.15 bits per heavy atom. The molecule has 0 radical (unpaired) electrons. The first-order valence-electron chi connectivity index (χ1n) is 5.99. The van der Waals surface area contributed by atoms with Gasteiger partial charge in [-0.05, 0) is 36.4 Å². The second-order valence-electron chi connectivity index (χ2n) is 4.54. The van der Waals surface area contributed by atoms with Crippen LogP contribution in [0.1, 0.15) is 28.4 Å². The summed E-state index contributed by atoms with van der Waals surface area (Å²) in [6, 6.07) is 7.78. The molecular weight excluding hydrogens is 286 g/mol. The average Bonchev–Trinajstić information content (AvgIpc) is 2.42. The van der Waals surface area contributed by atoms with Gasteiger partial charge in [0.15, 0.2) is 5.78 Å². The van der Waals surface area contributed by atoms with E-state index in [1.165, 1.54) is 30.3 Å². The van der Waals surface area contributed by atoms with Crippen LogP contribution in [0.15, 0.2) is 36.4 Å². The van der Waals surface area contributed by atoms with Gasteiger partial charge in [0, 0.05) is 10.6 Å². The number of Topliss-reactive ketones (excluding diaryl/α,β-unsaturated/α-hetero) is 1. The molecule has 0 N–H and O–H groups in total. The molecule has 0 saturated carbocycles. The van der Waals surface area contributed by atoms with Crippen molar-refractivity contribution in [1.82, 2.24) is 0 Å². The van der Waals surface area contributed by atoms with Crippen molar-refractivity contribution < 1.29 is 18.3 Å². The Balaban J connectivity index is 2.01. The highest BCUT2D eigenvalue weighted by Gasteiger charge is 2.29. The van der Waals surface area contributed by atoms with Crippen molar-refractivity contribution in [2.75, 3.05) is 0 Å². The molecule has 0 aliphatic carbocycles. The van der Waals surface area contributed by atoms with Crippen molar-refractivity contribution >= 4 is 17.4 Å². The van der Waals surface area contributed by atoms with Gasteiger partial charge in [-0.15, -0.1) is 0 Å². The number of rotatable bonds is 1. The third-order valence-corrected chi connectivity index (χ3v) is 3.42. The lowest BCUT2D eigenvalue weighted by atomic mass is 9.96. The zero-order chi connectivity index (χ0) is 14.3. The zero-order valence-corrected chi connectivity index (χ0v) is 11.0. The van der Waals surface area contributed by atoms with Gasteiger partial charge in [0.2, 0.25) is 0 Å². The summed E-state index contributed by atoms with van der Waals surface area (Å²) in [5.74, 6) is -1.02. The molecule has 1 aliphatic heterocycles. The summed E-state index contributed by atoms with van der Waals surface area (Å²) in [5.41, 5.74) is 0.407. The third-order valence-electron chi connectivity index (χ3n) is 3.19. The number of hydrogen-bond acceptors (Lipinski definition) is 2. The maximum Gasteiger partial charge on any atom is 0.170 e. The van der Waals surface area contributed by atoms with Crippen LogP contribution < -0.4 is 4.74 Å². The van der Waals surface area contributed by atoms with Crippen molar-refractivity contribution in [3.63, 3.8) is 0 Å². The van der Waals surface area contributed by atoms with E-state index in [2.05, 4.69) is 0 Å². The molecule has 20 heavy (non-hydrogen) atoms. The number of fused-ring (bicyclic) bond motifs is 1. The number of halogens is 3. The van der Waals surface area contributed by atoms with Crippen molar-refractivity contribution in [2.45, 2.75) is 12.5 Å². The van der Waals surface area contributed by atoms with Crippen LogP contribution in [0.5, 0.6) is 5.75 Å². The Hall–Kier alpha value is -1.94. The fourth-order valence-electron chi connectivity index (χ4n) is 2.23. The van der Waals surface area contributed by atoms with E-state index < -0.39 is 17.7 Å². The van der Waals surface area contributed by atoms with Gasteiger partial charge in [-0.25, -0.2) is 8.78 Å². The Labute approximate surface area is 118 Å². The lowest BCUT2D eigenvalue weighted by Crippen LogP contribution is -2.21. The summed E-state index contributed by atoms with van der Waals surface area (Å²) in [6.45, 7) is 0. The molecule has 1 unspecified atom stereocenters. The fourth-order valence-corrected chi connectivity index (χ4v) is 2.41. The summed E-state index contributed by atoms with van der Waals surface area (Å²) >= 11 is 5.84. The van der Waals surface area contributed by atoms with Gasteiger partial charge < -0.3 is 4.74 Å². The quantitative estimate of drug-likeness (QED) is 0.783. The zero-order valence-electron chi connectivity index (χ0n) is 10.2. The van der Waals surface area contributed by atoms with E-state index in [9.17, 15) is 13.6 Å². The molecule has 0 aromatic heterocycles. The van der Waals surface area contributed by atoms with Gasteiger partial charge in [-0.3, -0.25) is 4.79 Å². The summed E-state index contributed by atoms with van der Waals surface area (Å²) < 4.78 is 32.5. The lowest BCUT2D eigenvalue weighted by Gasteiger charge is -2.25. The smallest absolute Gasteiger partial charge is 0.170 e. The number of carbonyl (C=O) groups is 1. The van der Waals surface area contributed by atoms with E-state index in [1.807, 2.05) is 0 Å². The third kappa shape index (κ3) is 2.27. The van der Waals surface area contributed by atoms with E-state index in [1.54, 1.807) is 0 Å². The molecule has 0 spiro atoms. The number of ketones is 1. The van der Waals surface area contributed by atoms with Crippen LogP contribution in [0.3, 0.4) is 0 Å². The lowest BCUT2D eigenvalue weighted by molar-refractivity contribution is 0.0845. The predicted molar refractivity (Wildman–Crippen MR) is 70.1 cm³/mol. The highest BCUT2D eigenvalue weighted by Crippen LogP contribution is 2.36. The maximum atomic E-state index is 13.8. The van der Waals surface area contributed by atoms with Crippen LogP contribution in [0.2, 0.25) is 5.02 Å². The molecule has 0 saturated heterocycles. The molecule has 1 atom stereocenters. The molecule has 1 heterocycles. The molecule has 1 aliphatic rings. The van der Waals surface area contributed by atoms with Crippen LogP contribution in [0, 0.1) is 11.6 Å². The minimum absolute atomic E-state index is 0.0479. The Morgan fingerprint density at radius 2 is 1.95 bits per heavy atom. The van der Waals surface area contributed by atoms with Gasteiger partial charge in [0.1, 0.15) is 23.5 Å². The fraction of sp³-hybridized carbons (Fsp3) is 0.133. The predicted octanol–water partition coefficient (Wildman–Crippen LogP) is 4.32. The van der Waals surface area contributed by atoms with Gasteiger partial charge in [-0.2, -0.15) is 0 Å². The summed E-state index contributed by atoms with van der Waals surface area (Å²) in [6.07, 6.45) is -0.799. The normalized spacial score (nSPS) is 17.6. The number of benzene rings is 2. The summed E-state index contributed by atoms with van der Waals surface area (Å²) in [5, 5.41) is 0.363. The highest BCUT2D eigenvalue weighted by atomic mass is 35.5. The van der Waals surface area contributed by atoms with Crippen LogP contribution in [-0.4, -0.2) is 5.78 Å². The first kappa shape index (κ1) is 13.1. The van der Waals surface area contributed by atoms with E-state index in [0.717, 1.165) is 6.07 Å². The van der Waals surface area contributed by atoms with E-state index in [0.29, 0.717) is 5.02 Å². The maximum absolute atomic E-state index is 13.8. The second-order valence-corrected chi connectivity index (χ2v) is 4.98. The molecular formula is C15H9ClF2O2. The van der Waals surface area contributed by atoms with E-state index in [4.69, 9.17) is 16.3 Å². The molecule has 5 heteroatoms. The molecule has 0 amide bonds. The summed E-state index contributed by atoms with van der Waals surface area (Å²) in [4.78, 5) is 12.0. The van der Waals surface area contributed by atoms with Gasteiger partial charge >= 0.3 is 0 Å². The van der Waals surface area contributed by atoms with E-state index in [-0.39, 0.29) is 29.1 Å². The Bertz CT molecular complexity index is 700. The Morgan fingerprint density at radius 3 is 2.75 bits per heavy atom. The van der Waals surface area contributed by atoms with Crippen LogP contribution in [-0.2, 0) is 0 Å². The van der Waals surface area contributed by atoms with E-state index >= 15 is 0 Å². The molecule has 102 valence electrons. The molecule has 0 bridgehead atoms. The first-order valence-corrected chi connectivity index (χ1v) is 6.37. The largest absolute Gasteiger partial charge is 0.484 e. The minimum atomic E-state index is -0.751. The second kappa shape index (κ2) is 4.87. The van der Waals surface area contributed by atoms with Crippen molar-refractivity contribution in [1.29, 1.82) is 0 Å². The van der Waals surface area contributed by atoms with Gasteiger partial charge in [-0.1, -0.05) is 11.6 Å².